The Balaban J connectivity index is 1.84. The van der Waals surface area contributed by atoms with Crippen molar-refractivity contribution >= 4 is 50.9 Å². The van der Waals surface area contributed by atoms with E-state index >= 15 is 0 Å². The molecule has 0 radical (unpaired) electrons. The first-order valence-corrected chi connectivity index (χ1v) is 11.1. The minimum absolute atomic E-state index is 0.0455. The van der Waals surface area contributed by atoms with Crippen LogP contribution in [0.25, 0.3) is 17.1 Å². The molecule has 3 aromatic rings. The third-order valence-electron chi connectivity index (χ3n) is 5.15. The lowest BCUT2D eigenvalue weighted by molar-refractivity contribution is 0.0935. The van der Waals surface area contributed by atoms with E-state index in [1.165, 1.54) is 16.9 Å². The number of hydrogen-bond acceptors (Lipinski definition) is 4. The molecule has 2 heterocycles. The van der Waals surface area contributed by atoms with E-state index in [4.69, 9.17) is 28.9 Å². The Labute approximate surface area is 197 Å². The summed E-state index contributed by atoms with van der Waals surface area (Å²) in [6.45, 7) is 1.98. The van der Waals surface area contributed by atoms with Crippen molar-refractivity contribution in [2.45, 2.75) is 25.8 Å². The van der Waals surface area contributed by atoms with Gasteiger partial charge in [-0.2, -0.15) is 5.10 Å². The molecular weight excluding hydrogens is 505 g/mol. The molecule has 4 rings (SSSR count). The Hall–Kier alpha value is -2.42. The van der Waals surface area contributed by atoms with Gasteiger partial charge < -0.3 is 11.1 Å². The molecule has 7 nitrogen and oxygen atoms in total. The number of nitrogens with two attached hydrogens (primary N) is 1. The fourth-order valence-electron chi connectivity index (χ4n) is 3.39. The van der Waals surface area contributed by atoms with Crippen LogP contribution < -0.4 is 11.1 Å². The van der Waals surface area contributed by atoms with E-state index in [1.54, 1.807) is 24.3 Å². The van der Waals surface area contributed by atoms with E-state index in [9.17, 15) is 9.59 Å². The summed E-state index contributed by atoms with van der Waals surface area (Å²) < 4.78 is 1.83. The van der Waals surface area contributed by atoms with Gasteiger partial charge in [0.15, 0.2) is 5.82 Å². The zero-order valence-corrected chi connectivity index (χ0v) is 19.5. The maximum Gasteiger partial charge on any atom is 0.267 e. The number of primary amides is 1. The van der Waals surface area contributed by atoms with Crippen molar-refractivity contribution in [2.75, 3.05) is 0 Å². The number of carbonyl (C=O) groups excluding carboxylic acids is 2. The minimum atomic E-state index is -0.709. The first-order valence-electron chi connectivity index (χ1n) is 9.57. The summed E-state index contributed by atoms with van der Waals surface area (Å²) in [5, 5.41) is 8.23. The summed E-state index contributed by atoms with van der Waals surface area (Å²) in [5.74, 6) is -0.243. The Morgan fingerprint density at radius 3 is 2.68 bits per heavy atom. The molecule has 1 aromatic carbocycles. The molecule has 1 unspecified atom stereocenters. The van der Waals surface area contributed by atoms with Gasteiger partial charge in [-0.15, -0.1) is 0 Å². The van der Waals surface area contributed by atoms with E-state index in [0.717, 1.165) is 12.8 Å². The zero-order valence-electron chi connectivity index (χ0n) is 16.4. The number of halogens is 3. The normalized spacial score (nSPS) is 14.3. The first kappa shape index (κ1) is 21.8. The molecule has 10 heteroatoms. The van der Waals surface area contributed by atoms with Crippen LogP contribution in [-0.2, 0) is 0 Å². The van der Waals surface area contributed by atoms with Gasteiger partial charge in [-0.1, -0.05) is 39.1 Å². The minimum Gasteiger partial charge on any atom is -0.364 e. The quantitative estimate of drug-likeness (QED) is 0.492. The second-order valence-electron chi connectivity index (χ2n) is 7.41. The fraction of sp³-hybridized carbons (Fsp3) is 0.238. The largest absolute Gasteiger partial charge is 0.364 e. The molecule has 3 N–H and O–H groups in total. The predicted molar refractivity (Wildman–Crippen MR) is 123 cm³/mol. The fourth-order valence-corrected chi connectivity index (χ4v) is 4.60. The van der Waals surface area contributed by atoms with Crippen LogP contribution in [0.4, 0.5) is 0 Å². The summed E-state index contributed by atoms with van der Waals surface area (Å²) >= 11 is 16.0. The van der Waals surface area contributed by atoms with Crippen molar-refractivity contribution in [2.24, 2.45) is 11.7 Å². The van der Waals surface area contributed by atoms with Crippen molar-refractivity contribution in [3.63, 3.8) is 0 Å². The maximum absolute atomic E-state index is 13.1. The highest BCUT2D eigenvalue weighted by Crippen LogP contribution is 2.36. The van der Waals surface area contributed by atoms with Crippen molar-refractivity contribution in [3.8, 4) is 17.1 Å². The molecule has 2 amide bonds. The van der Waals surface area contributed by atoms with Gasteiger partial charge in [-0.25, -0.2) is 9.67 Å². The molecule has 1 aliphatic rings. The Morgan fingerprint density at radius 1 is 1.29 bits per heavy atom. The molecule has 0 spiro atoms. The van der Waals surface area contributed by atoms with Crippen molar-refractivity contribution in [3.05, 3.63) is 62.3 Å². The number of amides is 2. The Bertz CT molecular complexity index is 1190. The van der Waals surface area contributed by atoms with E-state index in [0.29, 0.717) is 37.3 Å². The van der Waals surface area contributed by atoms with Crippen LogP contribution in [0.2, 0.25) is 10.0 Å². The maximum atomic E-state index is 13.1. The zero-order chi connectivity index (χ0) is 22.3. The molecule has 0 saturated heterocycles. The molecule has 1 saturated carbocycles. The molecule has 0 bridgehead atoms. The van der Waals surface area contributed by atoms with Gasteiger partial charge in [-0.05, 0) is 56.0 Å². The van der Waals surface area contributed by atoms with Gasteiger partial charge in [0.25, 0.3) is 11.8 Å². The third kappa shape index (κ3) is 4.46. The number of nitrogens with zero attached hydrogens (tertiary/aromatic N) is 3. The number of benzene rings is 1. The first-order chi connectivity index (χ1) is 14.8. The summed E-state index contributed by atoms with van der Waals surface area (Å²) in [7, 11) is 0. The van der Waals surface area contributed by atoms with Crippen LogP contribution in [0.3, 0.4) is 0 Å². The van der Waals surface area contributed by atoms with Crippen molar-refractivity contribution < 1.29 is 9.59 Å². The van der Waals surface area contributed by atoms with Crippen molar-refractivity contribution in [1.29, 1.82) is 0 Å². The van der Waals surface area contributed by atoms with Gasteiger partial charge in [0.05, 0.1) is 16.3 Å². The molecule has 1 atom stereocenters. The second kappa shape index (κ2) is 8.61. The SMILES string of the molecule is CC(NC(=O)c1cc(Cl)cc(Br)c1-c1cc(C(N)=O)n(-c2ncccc2Cl)n1)C1CC1. The van der Waals surface area contributed by atoms with Crippen molar-refractivity contribution in [1.82, 2.24) is 20.1 Å². The highest BCUT2D eigenvalue weighted by molar-refractivity contribution is 9.10. The van der Waals surface area contributed by atoms with Crippen LogP contribution in [0.15, 0.2) is 41.0 Å². The van der Waals surface area contributed by atoms with E-state index in [1.807, 2.05) is 6.92 Å². The lowest BCUT2D eigenvalue weighted by atomic mass is 10.0. The van der Waals surface area contributed by atoms with Crippen LogP contribution in [-0.4, -0.2) is 32.6 Å². The van der Waals surface area contributed by atoms with E-state index < -0.39 is 5.91 Å². The summed E-state index contributed by atoms with van der Waals surface area (Å²) in [5.41, 5.74) is 6.82. The van der Waals surface area contributed by atoms with Gasteiger partial charge in [0, 0.05) is 27.3 Å². The summed E-state index contributed by atoms with van der Waals surface area (Å²) in [6, 6.07) is 8.08. The Morgan fingerprint density at radius 2 is 2.03 bits per heavy atom. The second-order valence-corrected chi connectivity index (χ2v) is 9.11. The lowest BCUT2D eigenvalue weighted by Crippen LogP contribution is -2.34. The number of rotatable bonds is 6. The number of carbonyl (C=O) groups is 2. The highest BCUT2D eigenvalue weighted by Gasteiger charge is 2.30. The topological polar surface area (TPSA) is 103 Å². The molecule has 1 fully saturated rings. The molecule has 31 heavy (non-hydrogen) atoms. The molecule has 1 aliphatic carbocycles. The highest BCUT2D eigenvalue weighted by atomic mass is 79.9. The van der Waals surface area contributed by atoms with Gasteiger partial charge in [-0.3, -0.25) is 9.59 Å². The predicted octanol–water partition coefficient (Wildman–Crippen LogP) is 4.63. The average molecular weight is 523 g/mol. The summed E-state index contributed by atoms with van der Waals surface area (Å²) in [4.78, 5) is 29.4. The van der Waals surface area contributed by atoms with E-state index in [2.05, 4.69) is 31.3 Å². The lowest BCUT2D eigenvalue weighted by Gasteiger charge is -2.16. The number of pyridine rings is 1. The molecule has 2 aromatic heterocycles. The van der Waals surface area contributed by atoms with Gasteiger partial charge in [0.1, 0.15) is 5.69 Å². The number of hydrogen-bond donors (Lipinski definition) is 2. The standard InChI is InChI=1S/C21H18BrCl2N5O2/c1-10(11-4-5-11)27-21(31)13-7-12(23)8-14(22)18(13)16-9-17(19(25)30)29(28-16)20-15(24)3-2-6-26-20/h2-3,6-11H,4-5H2,1H3,(H2,25,30)(H,27,31). The molecule has 160 valence electrons. The Kier molecular flexibility index (Phi) is 6.05. The van der Waals surface area contributed by atoms with E-state index in [-0.39, 0.29) is 23.5 Å². The summed E-state index contributed by atoms with van der Waals surface area (Å²) in [6.07, 6.45) is 3.74. The monoisotopic (exact) mass is 521 g/mol. The number of aromatic nitrogens is 3. The number of nitrogens with one attached hydrogen (secondary N) is 1. The van der Waals surface area contributed by atoms with Gasteiger partial charge >= 0.3 is 0 Å². The van der Waals surface area contributed by atoms with Crippen LogP contribution in [0, 0.1) is 5.92 Å². The molecular formula is C21H18BrCl2N5O2. The van der Waals surface area contributed by atoms with Crippen LogP contribution >= 0.6 is 39.1 Å². The van der Waals surface area contributed by atoms with Gasteiger partial charge in [0.2, 0.25) is 0 Å². The van der Waals surface area contributed by atoms with Crippen LogP contribution in [0.5, 0.6) is 0 Å². The smallest absolute Gasteiger partial charge is 0.267 e. The third-order valence-corrected chi connectivity index (χ3v) is 6.28. The average Bonchev–Trinajstić information content (AvgIpc) is 3.47. The van der Waals surface area contributed by atoms with Crippen LogP contribution in [0.1, 0.15) is 40.6 Å². The molecule has 0 aliphatic heterocycles.